The summed E-state index contributed by atoms with van der Waals surface area (Å²) in [5.74, 6) is -0.208. The summed E-state index contributed by atoms with van der Waals surface area (Å²) in [6.45, 7) is 0.254. The fourth-order valence-corrected chi connectivity index (χ4v) is 2.17. The van der Waals surface area contributed by atoms with Crippen molar-refractivity contribution in [2.45, 2.75) is 24.9 Å². The molecule has 90 valence electrons. The van der Waals surface area contributed by atoms with Crippen molar-refractivity contribution in [1.82, 2.24) is 9.78 Å². The first-order valence-corrected chi connectivity index (χ1v) is 5.27. The van der Waals surface area contributed by atoms with E-state index in [0.29, 0.717) is 0 Å². The van der Waals surface area contributed by atoms with Crippen molar-refractivity contribution in [1.29, 1.82) is 0 Å². The number of rotatable bonds is 1. The molecule has 0 unspecified atom stereocenters. The van der Waals surface area contributed by atoms with Gasteiger partial charge in [-0.05, 0) is 0 Å². The number of aromatic nitrogens is 2. The average molecular weight is 238 g/mol. The SMILES string of the molecule is O=C1C[C@@H](n2[nH]c(=O)ccc2=O)[C@H]2CO[C@H]1O2. The number of nitrogens with zero attached hydrogens (tertiary/aromatic N) is 1. The minimum atomic E-state index is -0.803. The number of nitrogens with one attached hydrogen (secondary N) is 1. The van der Waals surface area contributed by atoms with E-state index in [2.05, 4.69) is 5.10 Å². The second-order valence-electron chi connectivity index (χ2n) is 4.10. The lowest BCUT2D eigenvalue weighted by Gasteiger charge is -2.27. The summed E-state index contributed by atoms with van der Waals surface area (Å²) in [5, 5.41) is 2.41. The van der Waals surface area contributed by atoms with Gasteiger partial charge in [-0.2, -0.15) is 0 Å². The molecule has 0 amide bonds. The molecule has 7 heteroatoms. The smallest absolute Gasteiger partial charge is 0.265 e. The first-order chi connectivity index (χ1) is 8.15. The standard InChI is InChI=1S/C10H10N2O5/c13-6-3-5(7-4-16-10(6)17-7)12-9(15)2-1-8(14)11-12/h1-2,5,7,10H,3-4H2,(H,11,14)/t5-,7-,10+/m1/s1. The molecule has 0 aliphatic carbocycles. The van der Waals surface area contributed by atoms with E-state index in [9.17, 15) is 14.4 Å². The van der Waals surface area contributed by atoms with Crippen molar-refractivity contribution in [3.63, 3.8) is 0 Å². The van der Waals surface area contributed by atoms with E-state index < -0.39 is 17.9 Å². The molecule has 2 aliphatic heterocycles. The highest BCUT2D eigenvalue weighted by molar-refractivity contribution is 5.83. The Bertz CT molecular complexity index is 575. The van der Waals surface area contributed by atoms with Crippen LogP contribution >= 0.6 is 0 Å². The van der Waals surface area contributed by atoms with Crippen LogP contribution < -0.4 is 11.1 Å². The molecule has 3 atom stereocenters. The summed E-state index contributed by atoms with van der Waals surface area (Å²) in [5.41, 5.74) is -0.755. The van der Waals surface area contributed by atoms with Crippen molar-refractivity contribution in [2.24, 2.45) is 0 Å². The van der Waals surface area contributed by atoms with Gasteiger partial charge in [0.1, 0.15) is 6.10 Å². The number of hydrogen-bond donors (Lipinski definition) is 1. The number of H-pyrrole nitrogens is 1. The van der Waals surface area contributed by atoms with E-state index in [0.717, 1.165) is 10.7 Å². The van der Waals surface area contributed by atoms with Crippen LogP contribution in [0.1, 0.15) is 12.5 Å². The maximum atomic E-state index is 11.6. The zero-order valence-corrected chi connectivity index (χ0v) is 8.79. The molecule has 0 saturated carbocycles. The van der Waals surface area contributed by atoms with Gasteiger partial charge in [0.05, 0.1) is 12.6 Å². The highest BCUT2D eigenvalue weighted by Gasteiger charge is 2.44. The minimum Gasteiger partial charge on any atom is -0.343 e. The fraction of sp³-hybridized carbons (Fsp3) is 0.500. The third-order valence-electron chi connectivity index (χ3n) is 2.99. The number of Topliss-reactive ketones (excluding diaryl/α,β-unsaturated/α-hetero) is 1. The Balaban J connectivity index is 2.03. The van der Waals surface area contributed by atoms with Gasteiger partial charge < -0.3 is 9.47 Å². The summed E-state index contributed by atoms with van der Waals surface area (Å²) in [7, 11) is 0. The van der Waals surface area contributed by atoms with Gasteiger partial charge in [0, 0.05) is 18.6 Å². The van der Waals surface area contributed by atoms with Crippen molar-refractivity contribution in [2.75, 3.05) is 6.61 Å². The predicted molar refractivity (Wildman–Crippen MR) is 54.6 cm³/mol. The third-order valence-corrected chi connectivity index (χ3v) is 2.99. The van der Waals surface area contributed by atoms with Crippen LogP contribution in [0.3, 0.4) is 0 Å². The van der Waals surface area contributed by atoms with Crippen LogP contribution in [0.2, 0.25) is 0 Å². The zero-order valence-electron chi connectivity index (χ0n) is 8.79. The lowest BCUT2D eigenvalue weighted by Crippen LogP contribution is -2.43. The van der Waals surface area contributed by atoms with Crippen LogP contribution in [0.25, 0.3) is 0 Å². The number of hydrogen-bond acceptors (Lipinski definition) is 5. The molecule has 2 saturated heterocycles. The largest absolute Gasteiger partial charge is 0.343 e. The summed E-state index contributed by atoms with van der Waals surface area (Å²) in [6.07, 6.45) is -1.04. The molecule has 3 heterocycles. The van der Waals surface area contributed by atoms with E-state index in [1.807, 2.05) is 0 Å². The van der Waals surface area contributed by atoms with Crippen LogP contribution in [0.5, 0.6) is 0 Å². The third kappa shape index (κ3) is 1.63. The number of ketones is 1. The summed E-state index contributed by atoms with van der Waals surface area (Å²) in [6, 6.07) is 1.83. The van der Waals surface area contributed by atoms with Gasteiger partial charge in [-0.1, -0.05) is 0 Å². The Hall–Kier alpha value is -1.73. The Morgan fingerprint density at radius 3 is 2.94 bits per heavy atom. The van der Waals surface area contributed by atoms with Crippen molar-refractivity contribution < 1.29 is 14.3 Å². The number of aromatic amines is 1. The van der Waals surface area contributed by atoms with Gasteiger partial charge in [0.2, 0.25) is 6.29 Å². The number of fused-ring (bicyclic) bond motifs is 2. The maximum absolute atomic E-state index is 11.6. The number of carbonyl (C=O) groups excluding carboxylic acids is 1. The van der Waals surface area contributed by atoms with Crippen LogP contribution in [0.4, 0.5) is 0 Å². The normalized spacial score (nSPS) is 31.8. The van der Waals surface area contributed by atoms with Crippen molar-refractivity contribution in [3.05, 3.63) is 32.8 Å². The number of carbonyl (C=O) groups is 1. The quantitative estimate of drug-likeness (QED) is 0.663. The Morgan fingerprint density at radius 2 is 2.12 bits per heavy atom. The highest BCUT2D eigenvalue weighted by atomic mass is 16.7. The summed E-state index contributed by atoms with van der Waals surface area (Å²) >= 11 is 0. The van der Waals surface area contributed by atoms with Gasteiger partial charge in [0.15, 0.2) is 5.78 Å². The lowest BCUT2D eigenvalue weighted by molar-refractivity contribution is -0.156. The second-order valence-corrected chi connectivity index (χ2v) is 4.10. The van der Waals surface area contributed by atoms with Crippen LogP contribution in [-0.2, 0) is 14.3 Å². The first kappa shape index (κ1) is 10.4. The van der Waals surface area contributed by atoms with E-state index in [4.69, 9.17) is 9.47 Å². The van der Waals surface area contributed by atoms with E-state index in [1.54, 1.807) is 0 Å². The molecular weight excluding hydrogens is 228 g/mol. The van der Waals surface area contributed by atoms with Crippen molar-refractivity contribution in [3.8, 4) is 0 Å². The molecule has 7 nitrogen and oxygen atoms in total. The van der Waals surface area contributed by atoms with Crippen LogP contribution in [0, 0.1) is 0 Å². The molecule has 0 spiro atoms. The van der Waals surface area contributed by atoms with E-state index in [-0.39, 0.29) is 30.5 Å². The topological polar surface area (TPSA) is 90.4 Å². The molecule has 2 bridgehead atoms. The van der Waals surface area contributed by atoms with Crippen LogP contribution in [0.15, 0.2) is 21.7 Å². The molecule has 17 heavy (non-hydrogen) atoms. The summed E-state index contributed by atoms with van der Waals surface area (Å²) < 4.78 is 11.6. The molecular formula is C10H10N2O5. The van der Waals surface area contributed by atoms with Crippen LogP contribution in [-0.4, -0.2) is 34.6 Å². The van der Waals surface area contributed by atoms with Gasteiger partial charge in [-0.3, -0.25) is 19.5 Å². The molecule has 2 aliphatic rings. The Kier molecular flexibility index (Phi) is 2.23. The van der Waals surface area contributed by atoms with Gasteiger partial charge >= 0.3 is 0 Å². The van der Waals surface area contributed by atoms with Gasteiger partial charge in [0.25, 0.3) is 11.1 Å². The molecule has 0 radical (unpaired) electrons. The molecule has 1 N–H and O–H groups in total. The minimum absolute atomic E-state index is 0.134. The predicted octanol–water partition coefficient (Wildman–Crippen LogP) is -1.21. The van der Waals surface area contributed by atoms with E-state index in [1.165, 1.54) is 6.07 Å². The van der Waals surface area contributed by atoms with Crippen molar-refractivity contribution >= 4 is 5.78 Å². The molecule has 3 rings (SSSR count). The highest BCUT2D eigenvalue weighted by Crippen LogP contribution is 2.31. The monoisotopic (exact) mass is 238 g/mol. The maximum Gasteiger partial charge on any atom is 0.265 e. The zero-order chi connectivity index (χ0) is 12.0. The summed E-state index contributed by atoms with van der Waals surface area (Å²) in [4.78, 5) is 34.4. The molecule has 0 aromatic carbocycles. The lowest BCUT2D eigenvalue weighted by atomic mass is 10.0. The van der Waals surface area contributed by atoms with E-state index >= 15 is 0 Å². The molecule has 1 aromatic rings. The number of ether oxygens (including phenoxy) is 2. The van der Waals surface area contributed by atoms with Gasteiger partial charge in [-0.15, -0.1) is 0 Å². The Morgan fingerprint density at radius 1 is 1.29 bits per heavy atom. The molecule has 1 aromatic heterocycles. The molecule has 2 fully saturated rings. The first-order valence-electron chi connectivity index (χ1n) is 5.27. The Labute approximate surface area is 94.9 Å². The van der Waals surface area contributed by atoms with Gasteiger partial charge in [-0.25, -0.2) is 4.68 Å². The second kappa shape index (κ2) is 3.64. The fourth-order valence-electron chi connectivity index (χ4n) is 2.17. The average Bonchev–Trinajstić information content (AvgIpc) is 2.73.